The molecule has 60 valence electrons. The average Bonchev–Trinajstić information content (AvgIpc) is 1.62. The van der Waals surface area contributed by atoms with E-state index in [1.165, 1.54) is 0 Å². The summed E-state index contributed by atoms with van der Waals surface area (Å²) in [4.78, 5) is 20.7. The van der Waals surface area contributed by atoms with Crippen LogP contribution in [0, 0.1) is 20.6 Å². The minimum absolute atomic E-state index is 1.05. The summed E-state index contributed by atoms with van der Waals surface area (Å²) in [5, 5.41) is 7.81. The van der Waals surface area contributed by atoms with Gasteiger partial charge in [0.15, 0.2) is 0 Å². The van der Waals surface area contributed by atoms with Crippen molar-refractivity contribution in [1.82, 2.24) is 0 Å². The summed E-state index contributed by atoms with van der Waals surface area (Å²) in [6, 6.07) is 0. The summed E-state index contributed by atoms with van der Waals surface area (Å²) in [6.07, 6.45) is 0. The smallest absolute Gasteiger partial charge is 0.321 e. The molecule has 0 aliphatic carbocycles. The Hall–Kier alpha value is -1.03. The van der Waals surface area contributed by atoms with Gasteiger partial charge in [0.2, 0.25) is 0 Å². The molecule has 9 nitrogen and oxygen atoms in total. The number of nitrogens with zero attached hydrogens (tertiary/aromatic N) is 2. The minimum atomic E-state index is -2.60. The summed E-state index contributed by atoms with van der Waals surface area (Å²) in [5.74, 6) is 0. The van der Waals surface area contributed by atoms with Gasteiger partial charge in [0, 0.05) is 19.4 Å². The van der Waals surface area contributed by atoms with E-state index in [4.69, 9.17) is 29.0 Å². The molecule has 0 aliphatic heterocycles. The van der Waals surface area contributed by atoms with Gasteiger partial charge in [0.1, 0.15) is 0 Å². The van der Waals surface area contributed by atoms with Gasteiger partial charge >= 0.3 is 10.4 Å². The maximum absolute atomic E-state index is 9.00. The van der Waals surface area contributed by atoms with Crippen LogP contribution in [-0.4, -0.2) is 15.0 Å². The van der Waals surface area contributed by atoms with E-state index >= 15 is 0 Å². The van der Waals surface area contributed by atoms with Crippen LogP contribution in [0.2, 0.25) is 0 Å². The van der Waals surface area contributed by atoms with Crippen LogP contribution >= 0.6 is 0 Å². The first-order chi connectivity index (χ1) is 4.50. The highest BCUT2D eigenvalue weighted by molar-refractivity contribution is 3.86. The Bertz CT molecular complexity index is 97.0. The maximum atomic E-state index is 9.00. The molecule has 0 atom stereocenters. The Morgan fingerprint density at radius 3 is 1.90 bits per heavy atom. The fourth-order valence-electron chi connectivity index (χ4n) is 0.0285. The molecule has 0 aliphatic rings. The minimum Gasteiger partial charge on any atom is -0.321 e. The SMILES string of the molecule is O=NO[N+](=O)O.[O-][Cl+2]([O-])O. The zero-order valence-corrected chi connectivity index (χ0v) is 4.96. The van der Waals surface area contributed by atoms with Gasteiger partial charge in [-0.1, -0.05) is 0 Å². The molecule has 2 N–H and O–H groups in total. The predicted octanol–water partition coefficient (Wildman–Crippen LogP) is -3.17. The topological polar surface area (TPSA) is 145 Å². The van der Waals surface area contributed by atoms with Gasteiger partial charge in [0.25, 0.3) is 10.8 Å². The van der Waals surface area contributed by atoms with Crippen molar-refractivity contribution in [2.75, 3.05) is 0 Å². The molecule has 0 fully saturated rings. The molecule has 0 aromatic heterocycles. The van der Waals surface area contributed by atoms with Crippen molar-refractivity contribution in [3.05, 3.63) is 9.81 Å². The molecular formula is H2ClN2O7+. The zero-order chi connectivity index (χ0) is 8.57. The van der Waals surface area contributed by atoms with Gasteiger partial charge in [-0.05, 0) is 0 Å². The largest absolute Gasteiger partial charge is 0.437 e. The van der Waals surface area contributed by atoms with Gasteiger partial charge in [0.05, 0.1) is 0 Å². The number of hydrogen-bond acceptors (Lipinski definition) is 7. The highest BCUT2D eigenvalue weighted by Gasteiger charge is 1.96. The van der Waals surface area contributed by atoms with Crippen LogP contribution in [0.1, 0.15) is 0 Å². The number of rotatable bonds is 2. The van der Waals surface area contributed by atoms with Crippen LogP contribution in [-0.2, 0) is 4.94 Å². The Morgan fingerprint density at radius 2 is 1.90 bits per heavy atom. The van der Waals surface area contributed by atoms with Crippen molar-refractivity contribution in [2.24, 2.45) is 5.34 Å². The summed E-state index contributed by atoms with van der Waals surface area (Å²) in [6.45, 7) is 0. The summed E-state index contributed by atoms with van der Waals surface area (Å²) < 4.78 is 24.0. The molecule has 0 rings (SSSR count). The van der Waals surface area contributed by atoms with Crippen molar-refractivity contribution in [2.45, 2.75) is 0 Å². The molecule has 0 bridgehead atoms. The van der Waals surface area contributed by atoms with Crippen molar-refractivity contribution in [1.29, 1.82) is 0 Å². The van der Waals surface area contributed by atoms with Crippen molar-refractivity contribution in [3.8, 4) is 0 Å². The Morgan fingerprint density at radius 1 is 1.60 bits per heavy atom. The van der Waals surface area contributed by atoms with Crippen LogP contribution < -0.4 is 9.32 Å². The zero-order valence-electron chi connectivity index (χ0n) is 4.21. The second-order valence-electron chi connectivity index (χ2n) is 0.595. The van der Waals surface area contributed by atoms with E-state index in [0.29, 0.717) is 0 Å². The summed E-state index contributed by atoms with van der Waals surface area (Å²) >= 11 is 0. The second-order valence-corrected chi connectivity index (χ2v) is 0.997. The molecule has 0 radical (unpaired) electrons. The highest BCUT2D eigenvalue weighted by atomic mass is 35.6. The molecule has 0 aromatic rings. The normalized spacial score (nSPS) is 7.60. The average molecular weight is 177 g/mol. The van der Waals surface area contributed by atoms with Gasteiger partial charge in [-0.25, -0.2) is 0 Å². The summed E-state index contributed by atoms with van der Waals surface area (Å²) in [7, 11) is -2.60. The van der Waals surface area contributed by atoms with Crippen LogP contribution in [0.4, 0.5) is 0 Å². The van der Waals surface area contributed by atoms with E-state index in [-0.39, 0.29) is 0 Å². The maximum Gasteiger partial charge on any atom is 0.437 e. The Balaban J connectivity index is 0. The monoisotopic (exact) mass is 177 g/mol. The van der Waals surface area contributed by atoms with Crippen LogP contribution in [0.5, 0.6) is 0 Å². The molecule has 0 saturated heterocycles. The highest BCUT2D eigenvalue weighted by Crippen LogP contribution is 1.65. The van der Waals surface area contributed by atoms with E-state index < -0.39 is 15.9 Å². The predicted molar refractivity (Wildman–Crippen MR) is 14.5 cm³/mol. The van der Waals surface area contributed by atoms with Gasteiger partial charge in [-0.3, -0.25) is 5.21 Å². The molecule has 0 spiro atoms. The van der Waals surface area contributed by atoms with Crippen molar-refractivity contribution in [3.63, 3.8) is 0 Å². The molecule has 0 heterocycles. The van der Waals surface area contributed by atoms with Crippen molar-refractivity contribution < 1.29 is 40.0 Å². The lowest BCUT2D eigenvalue weighted by molar-refractivity contribution is -1.63. The number of halogens is 1. The quantitative estimate of drug-likeness (QED) is 0.334. The lowest BCUT2D eigenvalue weighted by atomic mass is 13.0. The standard InChI is InChI=1S/ClHO3.HN2O4/c2-1(3)4;3-1-6-2(4)5/h2H;(H,4,5)/q;+1. The fraction of sp³-hybridized carbons (Fsp3) is 0. The molecule has 10 heavy (non-hydrogen) atoms. The van der Waals surface area contributed by atoms with Crippen LogP contribution in [0.25, 0.3) is 0 Å². The third-order valence-electron chi connectivity index (χ3n) is 0.103. The van der Waals surface area contributed by atoms with E-state index in [0.717, 1.165) is 0 Å². The summed E-state index contributed by atoms with van der Waals surface area (Å²) in [5.41, 5.74) is 0. The van der Waals surface area contributed by atoms with E-state index in [1.807, 2.05) is 0 Å². The van der Waals surface area contributed by atoms with Gasteiger partial charge in [-0.2, -0.15) is 0 Å². The number of hydrogen-bond donors (Lipinski definition) is 2. The van der Waals surface area contributed by atoms with E-state index in [9.17, 15) is 0 Å². The van der Waals surface area contributed by atoms with Crippen LogP contribution in [0.15, 0.2) is 5.34 Å². The van der Waals surface area contributed by atoms with Gasteiger partial charge < -0.3 is 9.32 Å². The lowest BCUT2D eigenvalue weighted by Crippen LogP contribution is -2.30. The lowest BCUT2D eigenvalue weighted by Gasteiger charge is -1.72. The molecule has 0 aromatic carbocycles. The third kappa shape index (κ3) is 64.0. The molecule has 10 heteroatoms. The fourth-order valence-corrected chi connectivity index (χ4v) is 0.0285. The Kier molecular flexibility index (Phi) is 9.35. The van der Waals surface area contributed by atoms with Crippen molar-refractivity contribution >= 4 is 0 Å². The molecule has 0 saturated carbocycles. The molecule has 0 unspecified atom stereocenters. The molecule has 0 amide bonds. The first kappa shape index (κ1) is 11.7. The van der Waals surface area contributed by atoms with Crippen LogP contribution in [0.3, 0.4) is 0 Å². The van der Waals surface area contributed by atoms with E-state index in [2.05, 4.69) is 4.94 Å². The first-order valence-corrected chi connectivity index (χ1v) is 2.36. The van der Waals surface area contributed by atoms with Gasteiger partial charge in [-0.15, -0.1) is 0 Å². The molecular weight excluding hydrogens is 175 g/mol. The van der Waals surface area contributed by atoms with E-state index in [1.54, 1.807) is 5.34 Å². The second kappa shape index (κ2) is 7.97. The Labute approximate surface area is 56.3 Å². The third-order valence-corrected chi connectivity index (χ3v) is 0.103. The first-order valence-electron chi connectivity index (χ1n) is 1.41.